The van der Waals surface area contributed by atoms with Crippen LogP contribution >= 0.6 is 0 Å². The van der Waals surface area contributed by atoms with Crippen molar-refractivity contribution >= 4 is 18.0 Å². The molecule has 0 spiro atoms. The SMILES string of the molecule is C#CC/C=C\c1cccc(N=Cc2cc(C(C)(C)C)cc(C(C)(C)C)c2O)c1C. The van der Waals surface area contributed by atoms with E-state index in [0.29, 0.717) is 12.2 Å². The molecule has 0 aromatic heterocycles. The van der Waals surface area contributed by atoms with Gasteiger partial charge in [-0.3, -0.25) is 4.99 Å². The molecule has 0 fully saturated rings. The molecule has 0 unspecified atom stereocenters. The monoisotopic (exact) mass is 387 g/mol. The van der Waals surface area contributed by atoms with Gasteiger partial charge in [0.2, 0.25) is 0 Å². The number of phenols is 1. The van der Waals surface area contributed by atoms with Gasteiger partial charge in [-0.25, -0.2) is 0 Å². The molecule has 152 valence electrons. The minimum Gasteiger partial charge on any atom is -0.507 e. The van der Waals surface area contributed by atoms with Gasteiger partial charge in [0.15, 0.2) is 0 Å². The second-order valence-corrected chi connectivity index (χ2v) is 9.52. The molecule has 0 aliphatic rings. The van der Waals surface area contributed by atoms with E-state index in [0.717, 1.165) is 27.9 Å². The zero-order valence-electron chi connectivity index (χ0n) is 18.8. The molecule has 0 bridgehead atoms. The van der Waals surface area contributed by atoms with Crippen LogP contribution in [0, 0.1) is 19.3 Å². The number of benzene rings is 2. The normalized spacial score (nSPS) is 12.6. The van der Waals surface area contributed by atoms with E-state index in [2.05, 4.69) is 59.6 Å². The maximum atomic E-state index is 10.9. The smallest absolute Gasteiger partial charge is 0.128 e. The van der Waals surface area contributed by atoms with Crippen LogP contribution in [0.25, 0.3) is 6.08 Å². The molecule has 0 radical (unpaired) electrons. The summed E-state index contributed by atoms with van der Waals surface area (Å²) in [4.78, 5) is 4.71. The molecular formula is C27H33NO. The van der Waals surface area contributed by atoms with Gasteiger partial charge in [0.05, 0.1) is 5.69 Å². The number of rotatable bonds is 4. The van der Waals surface area contributed by atoms with Crippen LogP contribution in [0.15, 0.2) is 41.4 Å². The lowest BCUT2D eigenvalue weighted by molar-refractivity contribution is 0.444. The lowest BCUT2D eigenvalue weighted by atomic mass is 9.79. The zero-order chi connectivity index (χ0) is 21.8. The van der Waals surface area contributed by atoms with Crippen molar-refractivity contribution in [2.75, 3.05) is 0 Å². The predicted octanol–water partition coefficient (Wildman–Crippen LogP) is 7.08. The molecule has 0 atom stereocenters. The predicted molar refractivity (Wildman–Crippen MR) is 126 cm³/mol. The van der Waals surface area contributed by atoms with Crippen LogP contribution in [0.4, 0.5) is 5.69 Å². The van der Waals surface area contributed by atoms with Gasteiger partial charge in [-0.2, -0.15) is 0 Å². The van der Waals surface area contributed by atoms with E-state index in [-0.39, 0.29) is 10.8 Å². The van der Waals surface area contributed by atoms with Gasteiger partial charge in [0, 0.05) is 23.8 Å². The lowest BCUT2D eigenvalue weighted by Crippen LogP contribution is -2.17. The molecule has 0 saturated carbocycles. The Kier molecular flexibility index (Phi) is 6.75. The minimum atomic E-state index is -0.161. The highest BCUT2D eigenvalue weighted by Gasteiger charge is 2.24. The van der Waals surface area contributed by atoms with Crippen LogP contribution < -0.4 is 0 Å². The van der Waals surface area contributed by atoms with Crippen LogP contribution in [0.1, 0.15) is 75.8 Å². The third-order valence-corrected chi connectivity index (χ3v) is 5.04. The molecule has 0 aliphatic heterocycles. The fraction of sp³-hybridized carbons (Fsp3) is 0.370. The zero-order valence-corrected chi connectivity index (χ0v) is 18.8. The molecule has 2 rings (SSSR count). The fourth-order valence-corrected chi connectivity index (χ4v) is 3.11. The van der Waals surface area contributed by atoms with E-state index in [4.69, 9.17) is 11.4 Å². The number of hydrogen-bond acceptors (Lipinski definition) is 2. The average Bonchev–Trinajstić information content (AvgIpc) is 2.61. The summed E-state index contributed by atoms with van der Waals surface area (Å²) in [5, 5.41) is 10.9. The Morgan fingerprint density at radius 3 is 2.31 bits per heavy atom. The summed E-state index contributed by atoms with van der Waals surface area (Å²) in [6.45, 7) is 15.0. The number of phenolic OH excluding ortho intramolecular Hbond substituents is 1. The summed E-state index contributed by atoms with van der Waals surface area (Å²) in [5.74, 6) is 2.92. The van der Waals surface area contributed by atoms with E-state index < -0.39 is 0 Å². The second-order valence-electron chi connectivity index (χ2n) is 9.52. The van der Waals surface area contributed by atoms with E-state index in [1.54, 1.807) is 6.21 Å². The van der Waals surface area contributed by atoms with Gasteiger partial charge >= 0.3 is 0 Å². The van der Waals surface area contributed by atoms with Gasteiger partial charge in [-0.1, -0.05) is 71.9 Å². The molecule has 0 heterocycles. The highest BCUT2D eigenvalue weighted by atomic mass is 16.3. The van der Waals surface area contributed by atoms with Crippen molar-refractivity contribution in [3.63, 3.8) is 0 Å². The first-order valence-electron chi connectivity index (χ1n) is 10.1. The first kappa shape index (κ1) is 22.5. The summed E-state index contributed by atoms with van der Waals surface area (Å²) in [5.41, 5.74) is 5.75. The standard InChI is InChI=1S/C27H33NO/c1-9-10-11-13-20-14-12-15-24(19(20)2)28-18-21-16-22(26(3,4)5)17-23(25(21)29)27(6,7)8/h1,11-18,29H,10H2,2-8H3/b13-11-,28-18?. The maximum absolute atomic E-state index is 10.9. The molecule has 2 aromatic rings. The topological polar surface area (TPSA) is 32.6 Å². The van der Waals surface area contributed by atoms with Crippen molar-refractivity contribution in [3.05, 3.63) is 64.2 Å². The molecule has 0 aliphatic carbocycles. The van der Waals surface area contributed by atoms with Crippen LogP contribution in [-0.2, 0) is 10.8 Å². The minimum absolute atomic E-state index is 0.0199. The number of aromatic hydroxyl groups is 1. The molecule has 1 N–H and O–H groups in total. The van der Waals surface area contributed by atoms with Crippen molar-refractivity contribution < 1.29 is 5.11 Å². The van der Waals surface area contributed by atoms with Gasteiger partial charge in [0.1, 0.15) is 5.75 Å². The molecule has 2 heteroatoms. The Morgan fingerprint density at radius 2 is 1.72 bits per heavy atom. The molecule has 0 saturated heterocycles. The largest absolute Gasteiger partial charge is 0.507 e. The van der Waals surface area contributed by atoms with Crippen LogP contribution in [-0.4, -0.2) is 11.3 Å². The van der Waals surface area contributed by atoms with Gasteiger partial charge in [-0.15, -0.1) is 12.3 Å². The highest BCUT2D eigenvalue weighted by molar-refractivity contribution is 5.87. The second kappa shape index (κ2) is 8.70. The van der Waals surface area contributed by atoms with Crippen molar-refractivity contribution in [3.8, 4) is 18.1 Å². The van der Waals surface area contributed by atoms with E-state index in [9.17, 15) is 5.11 Å². The number of allylic oxidation sites excluding steroid dienone is 1. The third kappa shape index (κ3) is 5.61. The van der Waals surface area contributed by atoms with Gasteiger partial charge in [-0.05, 0) is 46.6 Å². The van der Waals surface area contributed by atoms with Crippen molar-refractivity contribution in [2.24, 2.45) is 4.99 Å². The summed E-state index contributed by atoms with van der Waals surface area (Å²) in [6.07, 6.45) is 11.7. The quantitative estimate of drug-likeness (QED) is 0.441. The van der Waals surface area contributed by atoms with Gasteiger partial charge in [0.25, 0.3) is 0 Å². The van der Waals surface area contributed by atoms with Crippen LogP contribution in [0.2, 0.25) is 0 Å². The number of hydrogen-bond donors (Lipinski definition) is 1. The summed E-state index contributed by atoms with van der Waals surface area (Å²) < 4.78 is 0. The molecule has 2 nitrogen and oxygen atoms in total. The van der Waals surface area contributed by atoms with Crippen LogP contribution in [0.3, 0.4) is 0 Å². The Hall–Kier alpha value is -2.79. The lowest BCUT2D eigenvalue weighted by Gasteiger charge is -2.27. The number of nitrogens with zero attached hydrogens (tertiary/aromatic N) is 1. The molecule has 0 amide bonds. The molecule has 29 heavy (non-hydrogen) atoms. The summed E-state index contributed by atoms with van der Waals surface area (Å²) >= 11 is 0. The molecule has 2 aromatic carbocycles. The summed E-state index contributed by atoms with van der Waals surface area (Å²) in [6, 6.07) is 10.2. The number of aliphatic imine (C=N–C) groups is 1. The number of terminal acetylenes is 1. The molecular weight excluding hydrogens is 354 g/mol. The van der Waals surface area contributed by atoms with Crippen molar-refractivity contribution in [2.45, 2.75) is 65.7 Å². The first-order chi connectivity index (χ1) is 13.4. The Morgan fingerprint density at radius 1 is 1.03 bits per heavy atom. The highest BCUT2D eigenvalue weighted by Crippen LogP contribution is 2.37. The summed E-state index contributed by atoms with van der Waals surface area (Å²) in [7, 11) is 0. The van der Waals surface area contributed by atoms with E-state index in [1.165, 1.54) is 5.56 Å². The van der Waals surface area contributed by atoms with Crippen molar-refractivity contribution in [1.29, 1.82) is 0 Å². The maximum Gasteiger partial charge on any atom is 0.128 e. The average molecular weight is 388 g/mol. The Bertz CT molecular complexity index is 973. The van der Waals surface area contributed by atoms with Crippen molar-refractivity contribution in [1.82, 2.24) is 0 Å². The fourth-order valence-electron chi connectivity index (χ4n) is 3.11. The van der Waals surface area contributed by atoms with Crippen LogP contribution in [0.5, 0.6) is 5.75 Å². The Balaban J connectivity index is 2.53. The first-order valence-corrected chi connectivity index (χ1v) is 10.1. The third-order valence-electron chi connectivity index (χ3n) is 5.04. The van der Waals surface area contributed by atoms with E-state index >= 15 is 0 Å². The Labute approximate surface area is 176 Å². The van der Waals surface area contributed by atoms with E-state index in [1.807, 2.05) is 37.3 Å². The van der Waals surface area contributed by atoms with Gasteiger partial charge < -0.3 is 5.11 Å².